The van der Waals surface area contributed by atoms with E-state index in [1.54, 1.807) is 0 Å². The van der Waals surface area contributed by atoms with Crippen molar-refractivity contribution in [3.05, 3.63) is 0 Å². The minimum absolute atomic E-state index is 0.129. The number of amides is 1. The molecule has 0 radical (unpaired) electrons. The van der Waals surface area contributed by atoms with Crippen LogP contribution in [-0.4, -0.2) is 11.6 Å². The summed E-state index contributed by atoms with van der Waals surface area (Å²) in [6.07, 6.45) is 7.14. The highest BCUT2D eigenvalue weighted by atomic mass is 16.2. The number of carbonyl (C=O) groups excluding carboxylic acids is 1. The molecule has 0 aromatic carbocycles. The van der Waals surface area contributed by atoms with Gasteiger partial charge in [-0.3, -0.25) is 4.79 Å². The first-order valence-electron chi connectivity index (χ1n) is 5.13. The molecule has 70 valence electrons. The Bertz CT molecular complexity index is 277. The van der Waals surface area contributed by atoms with E-state index in [1.165, 1.54) is 18.6 Å². The second-order valence-corrected chi connectivity index (χ2v) is 4.78. The molecule has 0 heterocycles. The van der Waals surface area contributed by atoms with Crippen LogP contribution in [0.5, 0.6) is 0 Å². The lowest BCUT2D eigenvalue weighted by Gasteiger charge is -2.26. The summed E-state index contributed by atoms with van der Waals surface area (Å²) in [6, 6.07) is 0. The van der Waals surface area contributed by atoms with E-state index in [1.807, 2.05) is 0 Å². The van der Waals surface area contributed by atoms with Gasteiger partial charge in [-0.2, -0.15) is 5.10 Å². The van der Waals surface area contributed by atoms with Gasteiger partial charge in [0.1, 0.15) is 0 Å². The van der Waals surface area contributed by atoms with Gasteiger partial charge in [0.2, 0.25) is 5.91 Å². The van der Waals surface area contributed by atoms with Gasteiger partial charge in [-0.05, 0) is 43.9 Å². The molecular weight excluding hydrogens is 164 g/mol. The van der Waals surface area contributed by atoms with Crippen LogP contribution in [0.2, 0.25) is 0 Å². The smallest absolute Gasteiger partial charge is 0.243 e. The van der Waals surface area contributed by atoms with Gasteiger partial charge >= 0.3 is 0 Å². The molecule has 3 fully saturated rings. The molecule has 1 amide bonds. The number of hydrazone groups is 1. The third-order valence-electron chi connectivity index (χ3n) is 3.39. The van der Waals surface area contributed by atoms with Crippen LogP contribution in [0.25, 0.3) is 0 Å². The Kier molecular flexibility index (Phi) is 1.35. The first kappa shape index (κ1) is 7.54. The standard InChI is InChI=1S/C10H14N2O/c13-9(7-1-2-7)12-11-8-5-10(6-8)3-4-10/h7H,1-6H2,(H,12,13). The van der Waals surface area contributed by atoms with E-state index in [0.29, 0.717) is 5.41 Å². The van der Waals surface area contributed by atoms with E-state index < -0.39 is 0 Å². The van der Waals surface area contributed by atoms with E-state index in [9.17, 15) is 4.79 Å². The maximum absolute atomic E-state index is 11.2. The fourth-order valence-electron chi connectivity index (χ4n) is 1.99. The fraction of sp³-hybridized carbons (Fsp3) is 0.800. The fourth-order valence-corrected chi connectivity index (χ4v) is 1.99. The van der Waals surface area contributed by atoms with Crippen molar-refractivity contribution < 1.29 is 4.79 Å². The highest BCUT2D eigenvalue weighted by Crippen LogP contribution is 2.59. The zero-order valence-electron chi connectivity index (χ0n) is 7.68. The first-order chi connectivity index (χ1) is 6.27. The van der Waals surface area contributed by atoms with E-state index in [0.717, 1.165) is 25.7 Å². The van der Waals surface area contributed by atoms with Gasteiger partial charge in [-0.15, -0.1) is 0 Å². The summed E-state index contributed by atoms with van der Waals surface area (Å²) in [5, 5.41) is 4.14. The average Bonchev–Trinajstić information content (AvgIpc) is 2.87. The van der Waals surface area contributed by atoms with Crippen LogP contribution in [0.1, 0.15) is 38.5 Å². The molecule has 0 bridgehead atoms. The van der Waals surface area contributed by atoms with Crippen LogP contribution < -0.4 is 5.43 Å². The largest absolute Gasteiger partial charge is 0.273 e. The van der Waals surface area contributed by atoms with Gasteiger partial charge in [-0.25, -0.2) is 5.43 Å². The summed E-state index contributed by atoms with van der Waals surface area (Å²) in [7, 11) is 0. The molecule has 0 aromatic rings. The Morgan fingerprint density at radius 1 is 1.38 bits per heavy atom. The molecule has 1 spiro atoms. The molecule has 3 rings (SSSR count). The topological polar surface area (TPSA) is 41.5 Å². The number of nitrogens with zero attached hydrogens (tertiary/aromatic N) is 1. The normalized spacial score (nSPS) is 28.2. The summed E-state index contributed by atoms with van der Waals surface area (Å²) in [6.45, 7) is 0. The molecule has 3 aliphatic carbocycles. The Labute approximate surface area is 77.6 Å². The molecule has 0 saturated heterocycles. The Hall–Kier alpha value is -0.860. The van der Waals surface area contributed by atoms with Crippen molar-refractivity contribution >= 4 is 11.6 Å². The highest BCUT2D eigenvalue weighted by Gasteiger charge is 2.51. The highest BCUT2D eigenvalue weighted by molar-refractivity contribution is 5.93. The molecule has 0 aliphatic heterocycles. The number of nitrogens with one attached hydrogen (secondary N) is 1. The number of carbonyl (C=O) groups is 1. The summed E-state index contributed by atoms with van der Waals surface area (Å²) in [5.74, 6) is 0.406. The van der Waals surface area contributed by atoms with Gasteiger partial charge in [0.25, 0.3) is 0 Å². The molecule has 0 unspecified atom stereocenters. The summed E-state index contributed by atoms with van der Waals surface area (Å²) in [4.78, 5) is 11.2. The molecule has 3 nitrogen and oxygen atoms in total. The average molecular weight is 178 g/mol. The van der Waals surface area contributed by atoms with E-state index in [2.05, 4.69) is 10.5 Å². The summed E-state index contributed by atoms with van der Waals surface area (Å²) < 4.78 is 0. The summed E-state index contributed by atoms with van der Waals surface area (Å²) >= 11 is 0. The van der Waals surface area contributed by atoms with E-state index in [4.69, 9.17) is 0 Å². The lowest BCUT2D eigenvalue weighted by Crippen LogP contribution is -2.29. The lowest BCUT2D eigenvalue weighted by atomic mass is 9.80. The summed E-state index contributed by atoms with van der Waals surface area (Å²) in [5.41, 5.74) is 4.52. The van der Waals surface area contributed by atoms with Gasteiger partial charge in [0.15, 0.2) is 0 Å². The predicted molar refractivity (Wildman–Crippen MR) is 49.2 cm³/mol. The van der Waals surface area contributed by atoms with Crippen molar-refractivity contribution in [1.82, 2.24) is 5.43 Å². The molecule has 13 heavy (non-hydrogen) atoms. The second kappa shape index (κ2) is 2.34. The van der Waals surface area contributed by atoms with Crippen molar-refractivity contribution in [3.63, 3.8) is 0 Å². The zero-order valence-corrected chi connectivity index (χ0v) is 7.68. The van der Waals surface area contributed by atoms with Crippen LogP contribution in [0.3, 0.4) is 0 Å². The SMILES string of the molecule is O=C(NN=C1CC2(CC2)C1)C1CC1. The third kappa shape index (κ3) is 1.36. The first-order valence-corrected chi connectivity index (χ1v) is 5.13. The van der Waals surface area contributed by atoms with Crippen LogP contribution in [0.4, 0.5) is 0 Å². The number of hydrogen-bond acceptors (Lipinski definition) is 2. The van der Waals surface area contributed by atoms with Crippen LogP contribution in [-0.2, 0) is 4.79 Å². The van der Waals surface area contributed by atoms with Crippen LogP contribution in [0, 0.1) is 11.3 Å². The molecular formula is C10H14N2O. The van der Waals surface area contributed by atoms with Crippen LogP contribution >= 0.6 is 0 Å². The molecule has 3 aliphatic rings. The van der Waals surface area contributed by atoms with E-state index in [-0.39, 0.29) is 11.8 Å². The van der Waals surface area contributed by atoms with Crippen LogP contribution in [0.15, 0.2) is 5.10 Å². The lowest BCUT2D eigenvalue weighted by molar-refractivity contribution is -0.122. The predicted octanol–water partition coefficient (Wildman–Crippen LogP) is 1.44. The zero-order chi connectivity index (χ0) is 8.89. The minimum Gasteiger partial charge on any atom is -0.273 e. The maximum Gasteiger partial charge on any atom is 0.243 e. The quantitative estimate of drug-likeness (QED) is 0.639. The molecule has 0 atom stereocenters. The van der Waals surface area contributed by atoms with Crippen molar-refractivity contribution in [2.75, 3.05) is 0 Å². The van der Waals surface area contributed by atoms with Crippen molar-refractivity contribution in [1.29, 1.82) is 0 Å². The molecule has 3 heteroatoms. The minimum atomic E-state index is 0.129. The Balaban J connectivity index is 1.49. The Morgan fingerprint density at radius 3 is 2.62 bits per heavy atom. The third-order valence-corrected chi connectivity index (χ3v) is 3.39. The van der Waals surface area contributed by atoms with Crippen molar-refractivity contribution in [3.8, 4) is 0 Å². The van der Waals surface area contributed by atoms with Crippen molar-refractivity contribution in [2.24, 2.45) is 16.4 Å². The molecule has 1 N–H and O–H groups in total. The second-order valence-electron chi connectivity index (χ2n) is 4.78. The number of rotatable bonds is 2. The molecule has 0 aromatic heterocycles. The molecule has 3 saturated carbocycles. The van der Waals surface area contributed by atoms with Gasteiger partial charge < -0.3 is 0 Å². The Morgan fingerprint density at radius 2 is 2.08 bits per heavy atom. The number of hydrogen-bond donors (Lipinski definition) is 1. The van der Waals surface area contributed by atoms with E-state index >= 15 is 0 Å². The monoisotopic (exact) mass is 178 g/mol. The van der Waals surface area contributed by atoms with Gasteiger partial charge in [-0.1, -0.05) is 0 Å². The maximum atomic E-state index is 11.2. The van der Waals surface area contributed by atoms with Gasteiger partial charge in [0, 0.05) is 11.6 Å². The van der Waals surface area contributed by atoms with Crippen molar-refractivity contribution in [2.45, 2.75) is 38.5 Å². The van der Waals surface area contributed by atoms with Gasteiger partial charge in [0.05, 0.1) is 0 Å².